The number of anilines is 1. The van der Waals surface area contributed by atoms with Crippen molar-refractivity contribution >= 4 is 11.6 Å². The quantitative estimate of drug-likeness (QED) is 0.837. The average Bonchev–Trinajstić information content (AvgIpc) is 2.46. The van der Waals surface area contributed by atoms with Crippen molar-refractivity contribution in [3.8, 4) is 0 Å². The fraction of sp³-hybridized carbons (Fsp3) is 0.562. The van der Waals surface area contributed by atoms with E-state index < -0.39 is 0 Å². The third-order valence-electron chi connectivity index (χ3n) is 4.30. The summed E-state index contributed by atoms with van der Waals surface area (Å²) in [5.41, 5.74) is 2.47. The summed E-state index contributed by atoms with van der Waals surface area (Å²) in [6.45, 7) is 5.06. The fourth-order valence-electron chi connectivity index (χ4n) is 3.29. The van der Waals surface area contributed by atoms with Crippen LogP contribution in [0.4, 0.5) is 5.69 Å². The van der Waals surface area contributed by atoms with Crippen molar-refractivity contribution in [2.24, 2.45) is 11.8 Å². The second kappa shape index (κ2) is 5.33. The van der Waals surface area contributed by atoms with Crippen LogP contribution in [0.5, 0.6) is 0 Å². The van der Waals surface area contributed by atoms with Crippen molar-refractivity contribution in [1.82, 2.24) is 5.32 Å². The Morgan fingerprint density at radius 3 is 2.79 bits per heavy atom. The Morgan fingerprint density at radius 2 is 2.00 bits per heavy atom. The van der Waals surface area contributed by atoms with E-state index in [9.17, 15) is 4.79 Å². The molecule has 1 unspecified atom stereocenters. The molecule has 102 valence electrons. The summed E-state index contributed by atoms with van der Waals surface area (Å²) in [4.78, 5) is 14.8. The molecule has 1 aromatic carbocycles. The summed E-state index contributed by atoms with van der Waals surface area (Å²) < 4.78 is 0. The van der Waals surface area contributed by atoms with E-state index in [1.54, 1.807) is 0 Å². The highest BCUT2D eigenvalue weighted by molar-refractivity contribution is 5.96. The highest BCUT2D eigenvalue weighted by Gasteiger charge is 2.31. The van der Waals surface area contributed by atoms with Crippen LogP contribution >= 0.6 is 0 Å². The van der Waals surface area contributed by atoms with E-state index in [1.807, 2.05) is 11.0 Å². The van der Waals surface area contributed by atoms with Gasteiger partial charge < -0.3 is 10.2 Å². The first-order chi connectivity index (χ1) is 9.25. The van der Waals surface area contributed by atoms with E-state index in [-0.39, 0.29) is 5.92 Å². The molecule has 1 saturated heterocycles. The number of hydrogen-bond acceptors (Lipinski definition) is 2. The minimum absolute atomic E-state index is 0.208. The van der Waals surface area contributed by atoms with Crippen molar-refractivity contribution in [3.63, 3.8) is 0 Å². The van der Waals surface area contributed by atoms with Crippen molar-refractivity contribution < 1.29 is 4.79 Å². The summed E-state index contributed by atoms with van der Waals surface area (Å²) in [6, 6.07) is 8.37. The maximum absolute atomic E-state index is 12.8. The molecule has 1 aromatic rings. The van der Waals surface area contributed by atoms with Crippen LogP contribution in [0.1, 0.15) is 25.3 Å². The van der Waals surface area contributed by atoms with Gasteiger partial charge in [-0.2, -0.15) is 0 Å². The smallest absolute Gasteiger partial charge is 0.230 e. The van der Waals surface area contributed by atoms with Gasteiger partial charge in [-0.05, 0) is 49.9 Å². The largest absolute Gasteiger partial charge is 0.317 e. The highest BCUT2D eigenvalue weighted by atomic mass is 16.2. The predicted octanol–water partition coefficient (Wildman–Crippen LogP) is 2.21. The monoisotopic (exact) mass is 258 g/mol. The summed E-state index contributed by atoms with van der Waals surface area (Å²) >= 11 is 0. The summed E-state index contributed by atoms with van der Waals surface area (Å²) in [6.07, 6.45) is 3.05. The van der Waals surface area contributed by atoms with E-state index in [1.165, 1.54) is 5.56 Å². The molecule has 2 heterocycles. The van der Waals surface area contributed by atoms with E-state index in [0.717, 1.165) is 44.6 Å². The summed E-state index contributed by atoms with van der Waals surface area (Å²) in [5, 5.41) is 3.33. The summed E-state index contributed by atoms with van der Waals surface area (Å²) in [5.74, 6) is 1.10. The highest BCUT2D eigenvalue weighted by Crippen LogP contribution is 2.31. The molecule has 0 aliphatic carbocycles. The zero-order valence-electron chi connectivity index (χ0n) is 11.6. The van der Waals surface area contributed by atoms with Gasteiger partial charge in [0.25, 0.3) is 0 Å². The molecule has 0 saturated carbocycles. The van der Waals surface area contributed by atoms with Crippen molar-refractivity contribution in [2.45, 2.75) is 26.2 Å². The number of amides is 1. The molecule has 1 amide bonds. The molecule has 2 aliphatic heterocycles. The Bertz CT molecular complexity index is 466. The van der Waals surface area contributed by atoms with Gasteiger partial charge in [-0.3, -0.25) is 4.79 Å². The first-order valence-corrected chi connectivity index (χ1v) is 7.35. The minimum Gasteiger partial charge on any atom is -0.317 e. The van der Waals surface area contributed by atoms with Gasteiger partial charge in [-0.15, -0.1) is 0 Å². The molecule has 3 rings (SSSR count). The Kier molecular flexibility index (Phi) is 3.56. The topological polar surface area (TPSA) is 32.3 Å². The molecule has 0 aromatic heterocycles. The molecule has 0 spiro atoms. The molecule has 1 N–H and O–H groups in total. The number of rotatable bonds is 1. The summed E-state index contributed by atoms with van der Waals surface area (Å²) in [7, 11) is 0. The van der Waals surface area contributed by atoms with Gasteiger partial charge in [0.2, 0.25) is 5.91 Å². The molecule has 3 nitrogen and oxygen atoms in total. The first-order valence-electron chi connectivity index (χ1n) is 7.35. The number of nitrogens with one attached hydrogen (secondary N) is 1. The fourth-order valence-corrected chi connectivity index (χ4v) is 3.29. The Morgan fingerprint density at radius 1 is 1.26 bits per heavy atom. The number of para-hydroxylation sites is 1. The maximum Gasteiger partial charge on any atom is 0.230 e. The van der Waals surface area contributed by atoms with Gasteiger partial charge in [-0.25, -0.2) is 0 Å². The number of benzene rings is 1. The molecule has 1 fully saturated rings. The SMILES string of the molecule is CC1Cc2ccccc2N(C(=O)C2CCNCC2)C1. The molecule has 3 heteroatoms. The molecule has 2 aliphatic rings. The number of hydrogen-bond donors (Lipinski definition) is 1. The first kappa shape index (κ1) is 12.7. The standard InChI is InChI=1S/C16H22N2O/c1-12-10-14-4-2-3-5-15(14)18(11-12)16(19)13-6-8-17-9-7-13/h2-5,12-13,17H,6-11H2,1H3. The number of piperidine rings is 1. The third kappa shape index (κ3) is 2.52. The number of nitrogens with zero attached hydrogens (tertiary/aromatic N) is 1. The average molecular weight is 258 g/mol. The van der Waals surface area contributed by atoms with E-state index >= 15 is 0 Å². The molecule has 1 atom stereocenters. The number of fused-ring (bicyclic) bond motifs is 1. The Labute approximate surface area is 115 Å². The van der Waals surface area contributed by atoms with Gasteiger partial charge in [0, 0.05) is 18.2 Å². The Hall–Kier alpha value is -1.35. The van der Waals surface area contributed by atoms with Crippen LogP contribution in [-0.4, -0.2) is 25.5 Å². The van der Waals surface area contributed by atoms with Crippen LogP contribution in [0.2, 0.25) is 0 Å². The normalized spacial score (nSPS) is 24.1. The van der Waals surface area contributed by atoms with Gasteiger partial charge in [-0.1, -0.05) is 25.1 Å². The zero-order valence-corrected chi connectivity index (χ0v) is 11.6. The van der Waals surface area contributed by atoms with Crippen LogP contribution in [0.25, 0.3) is 0 Å². The lowest BCUT2D eigenvalue weighted by Gasteiger charge is -2.36. The second-order valence-corrected chi connectivity index (χ2v) is 5.91. The minimum atomic E-state index is 0.208. The van der Waals surface area contributed by atoms with Crippen LogP contribution in [0, 0.1) is 11.8 Å². The van der Waals surface area contributed by atoms with Gasteiger partial charge >= 0.3 is 0 Å². The van der Waals surface area contributed by atoms with Gasteiger partial charge in [0.1, 0.15) is 0 Å². The maximum atomic E-state index is 12.8. The predicted molar refractivity (Wildman–Crippen MR) is 77.3 cm³/mol. The van der Waals surface area contributed by atoms with Crippen molar-refractivity contribution in [3.05, 3.63) is 29.8 Å². The lowest BCUT2D eigenvalue weighted by atomic mass is 9.90. The third-order valence-corrected chi connectivity index (χ3v) is 4.30. The Balaban J connectivity index is 1.85. The zero-order chi connectivity index (χ0) is 13.2. The van der Waals surface area contributed by atoms with Crippen LogP contribution in [0.15, 0.2) is 24.3 Å². The van der Waals surface area contributed by atoms with Crippen molar-refractivity contribution in [2.75, 3.05) is 24.5 Å². The molecular formula is C16H22N2O. The van der Waals surface area contributed by atoms with Gasteiger partial charge in [0.15, 0.2) is 0 Å². The van der Waals surface area contributed by atoms with E-state index in [0.29, 0.717) is 11.8 Å². The molecular weight excluding hydrogens is 236 g/mol. The van der Waals surface area contributed by atoms with E-state index in [4.69, 9.17) is 0 Å². The van der Waals surface area contributed by atoms with Crippen LogP contribution in [0.3, 0.4) is 0 Å². The lowest BCUT2D eigenvalue weighted by molar-refractivity contribution is -0.123. The lowest BCUT2D eigenvalue weighted by Crippen LogP contribution is -2.45. The molecule has 19 heavy (non-hydrogen) atoms. The van der Waals surface area contributed by atoms with E-state index in [2.05, 4.69) is 30.4 Å². The van der Waals surface area contributed by atoms with Crippen molar-refractivity contribution in [1.29, 1.82) is 0 Å². The van der Waals surface area contributed by atoms with Gasteiger partial charge in [0.05, 0.1) is 0 Å². The number of carbonyl (C=O) groups is 1. The second-order valence-electron chi connectivity index (χ2n) is 5.91. The molecule has 0 bridgehead atoms. The van der Waals surface area contributed by atoms with Crippen LogP contribution < -0.4 is 10.2 Å². The van der Waals surface area contributed by atoms with Crippen LogP contribution in [-0.2, 0) is 11.2 Å². The molecule has 0 radical (unpaired) electrons. The number of carbonyl (C=O) groups excluding carboxylic acids is 1.